The van der Waals surface area contributed by atoms with Gasteiger partial charge < -0.3 is 15.3 Å². The summed E-state index contributed by atoms with van der Waals surface area (Å²) in [6.07, 6.45) is 10.1. The zero-order valence-electron chi connectivity index (χ0n) is 19.3. The van der Waals surface area contributed by atoms with Crippen LogP contribution in [0.2, 0.25) is 5.02 Å². The molecule has 2 N–H and O–H groups in total. The molecule has 1 atom stereocenters. The molecule has 0 unspecified atom stereocenters. The van der Waals surface area contributed by atoms with Crippen LogP contribution in [-0.2, 0) is 0 Å². The Morgan fingerprint density at radius 2 is 1.97 bits per heavy atom. The normalized spacial score (nSPS) is 18.6. The number of pyridine rings is 1. The van der Waals surface area contributed by atoms with Crippen molar-refractivity contribution in [3.8, 4) is 11.4 Å². The molecule has 1 amide bonds. The highest BCUT2D eigenvalue weighted by Crippen LogP contribution is 2.39. The van der Waals surface area contributed by atoms with Crippen LogP contribution in [-0.4, -0.2) is 50.1 Å². The number of anilines is 2. The molecular formula is C26H27ClFN5O2. The highest BCUT2D eigenvalue weighted by atomic mass is 35.5. The molecule has 0 bridgehead atoms. The molecule has 35 heavy (non-hydrogen) atoms. The first kappa shape index (κ1) is 23.6. The summed E-state index contributed by atoms with van der Waals surface area (Å²) in [4.78, 5) is 28.3. The minimum absolute atomic E-state index is 0.197. The Morgan fingerprint density at radius 3 is 2.77 bits per heavy atom. The fourth-order valence-electron chi connectivity index (χ4n) is 4.94. The average Bonchev–Trinajstić information content (AvgIpc) is 3.40. The van der Waals surface area contributed by atoms with Crippen LogP contribution < -0.4 is 5.32 Å². The van der Waals surface area contributed by atoms with Gasteiger partial charge in [-0.15, -0.1) is 0 Å². The maximum Gasteiger partial charge on any atom is 0.257 e. The van der Waals surface area contributed by atoms with E-state index in [0.717, 1.165) is 37.7 Å². The lowest BCUT2D eigenvalue weighted by Crippen LogP contribution is -2.42. The predicted octanol–water partition coefficient (Wildman–Crippen LogP) is 5.33. The largest absolute Gasteiger partial charge is 0.391 e. The second kappa shape index (κ2) is 10.3. The number of benzene rings is 1. The summed E-state index contributed by atoms with van der Waals surface area (Å²) in [5.74, 6) is 0.388. The smallest absolute Gasteiger partial charge is 0.257 e. The number of nitrogens with one attached hydrogen (secondary N) is 1. The third-order valence-corrected chi connectivity index (χ3v) is 7.00. The van der Waals surface area contributed by atoms with E-state index in [2.05, 4.69) is 15.3 Å². The van der Waals surface area contributed by atoms with Crippen molar-refractivity contribution in [1.82, 2.24) is 19.9 Å². The summed E-state index contributed by atoms with van der Waals surface area (Å²) in [5, 5.41) is 13.8. The van der Waals surface area contributed by atoms with Gasteiger partial charge in [-0.25, -0.2) is 14.4 Å². The van der Waals surface area contributed by atoms with Gasteiger partial charge in [0.1, 0.15) is 11.6 Å². The quantitative estimate of drug-likeness (QED) is 0.497. The van der Waals surface area contributed by atoms with E-state index in [0.29, 0.717) is 41.6 Å². The van der Waals surface area contributed by atoms with E-state index < -0.39 is 11.9 Å². The van der Waals surface area contributed by atoms with Gasteiger partial charge in [0.15, 0.2) is 5.82 Å². The summed E-state index contributed by atoms with van der Waals surface area (Å²) in [6, 6.07) is 6.02. The lowest BCUT2D eigenvalue weighted by Gasteiger charge is -2.30. The number of hydrogen-bond donors (Lipinski definition) is 2. The van der Waals surface area contributed by atoms with Crippen LogP contribution in [0.3, 0.4) is 0 Å². The summed E-state index contributed by atoms with van der Waals surface area (Å²) < 4.78 is 14.6. The van der Waals surface area contributed by atoms with Gasteiger partial charge in [-0.1, -0.05) is 24.4 Å². The number of nitrogens with zero attached hydrogens (tertiary/aromatic N) is 4. The number of likely N-dealkylation sites (tertiary alicyclic amines) is 1. The Bertz CT molecular complexity index is 1230. The topological polar surface area (TPSA) is 91.2 Å². The van der Waals surface area contributed by atoms with Gasteiger partial charge in [0, 0.05) is 42.3 Å². The first-order valence-corrected chi connectivity index (χ1v) is 12.4. The summed E-state index contributed by atoms with van der Waals surface area (Å²) >= 11 is 6.11. The van der Waals surface area contributed by atoms with Crippen molar-refractivity contribution in [1.29, 1.82) is 0 Å². The number of piperidine rings is 1. The summed E-state index contributed by atoms with van der Waals surface area (Å²) in [6.45, 7) is 0.884. The molecule has 0 spiro atoms. The summed E-state index contributed by atoms with van der Waals surface area (Å²) in [5.41, 5.74) is 2.11. The average molecular weight is 496 g/mol. The van der Waals surface area contributed by atoms with Crippen molar-refractivity contribution in [2.45, 2.75) is 50.5 Å². The molecule has 2 fully saturated rings. The zero-order valence-corrected chi connectivity index (χ0v) is 20.0. The van der Waals surface area contributed by atoms with Gasteiger partial charge in [-0.05, 0) is 55.9 Å². The fourth-order valence-corrected chi connectivity index (χ4v) is 5.11. The fraction of sp³-hybridized carbons (Fsp3) is 0.385. The molecule has 1 aliphatic heterocycles. The van der Waals surface area contributed by atoms with E-state index in [-0.39, 0.29) is 23.2 Å². The van der Waals surface area contributed by atoms with E-state index in [1.807, 2.05) is 0 Å². The van der Waals surface area contributed by atoms with E-state index in [4.69, 9.17) is 16.6 Å². The van der Waals surface area contributed by atoms with Crippen molar-refractivity contribution < 1.29 is 14.3 Å². The lowest BCUT2D eigenvalue weighted by molar-refractivity contribution is 0.0474. The van der Waals surface area contributed by atoms with Crippen LogP contribution in [0.25, 0.3) is 11.4 Å². The molecule has 7 nitrogen and oxygen atoms in total. The molecular weight excluding hydrogens is 469 g/mol. The van der Waals surface area contributed by atoms with Crippen LogP contribution in [0, 0.1) is 5.82 Å². The first-order chi connectivity index (χ1) is 17.0. The number of aromatic nitrogens is 3. The number of β-amino-alcohol motifs (C(OH)–C–C–N with tert-alkyl or cyclic N) is 1. The molecule has 1 saturated carbocycles. The highest BCUT2D eigenvalue weighted by Gasteiger charge is 2.27. The maximum atomic E-state index is 14.6. The van der Waals surface area contributed by atoms with E-state index in [1.54, 1.807) is 23.4 Å². The van der Waals surface area contributed by atoms with Crippen LogP contribution in [0.1, 0.15) is 60.4 Å². The monoisotopic (exact) mass is 495 g/mol. The van der Waals surface area contributed by atoms with Gasteiger partial charge in [0.2, 0.25) is 0 Å². The number of aliphatic hydroxyl groups excluding tert-OH is 1. The number of halogens is 2. The molecule has 0 radical (unpaired) electrons. The van der Waals surface area contributed by atoms with Gasteiger partial charge in [0.05, 0.1) is 22.9 Å². The molecule has 3 heterocycles. The number of amides is 1. The molecule has 9 heteroatoms. The number of hydrogen-bond acceptors (Lipinski definition) is 6. The summed E-state index contributed by atoms with van der Waals surface area (Å²) in [7, 11) is 0. The van der Waals surface area contributed by atoms with Crippen molar-refractivity contribution in [2.75, 3.05) is 18.4 Å². The number of aliphatic hydroxyl groups is 1. The second-order valence-electron chi connectivity index (χ2n) is 9.20. The SMILES string of the molecule is O=C(c1cnccc1Nc1nc(-c2cc(Cl)ccc2F)ncc1C1CCCC1)N1CCC[C@@H](O)C1. The van der Waals surface area contributed by atoms with Gasteiger partial charge >= 0.3 is 0 Å². The Kier molecular flexibility index (Phi) is 6.92. The van der Waals surface area contributed by atoms with Crippen molar-refractivity contribution in [3.63, 3.8) is 0 Å². The van der Waals surface area contributed by atoms with E-state index in [9.17, 15) is 14.3 Å². The third-order valence-electron chi connectivity index (χ3n) is 6.77. The number of carbonyl (C=O) groups is 1. The number of rotatable bonds is 5. The second-order valence-corrected chi connectivity index (χ2v) is 9.63. The van der Waals surface area contributed by atoms with Crippen molar-refractivity contribution in [3.05, 3.63) is 64.8 Å². The van der Waals surface area contributed by atoms with Crippen molar-refractivity contribution >= 4 is 29.0 Å². The minimum atomic E-state index is -0.522. The molecule has 1 aromatic carbocycles. The molecule has 1 aliphatic carbocycles. The predicted molar refractivity (Wildman–Crippen MR) is 132 cm³/mol. The van der Waals surface area contributed by atoms with Gasteiger partial charge in [0.25, 0.3) is 5.91 Å². The van der Waals surface area contributed by atoms with Gasteiger partial charge in [-0.2, -0.15) is 0 Å². The first-order valence-electron chi connectivity index (χ1n) is 12.0. The third kappa shape index (κ3) is 5.13. The Morgan fingerprint density at radius 1 is 1.14 bits per heavy atom. The highest BCUT2D eigenvalue weighted by molar-refractivity contribution is 6.30. The van der Waals surface area contributed by atoms with E-state index in [1.165, 1.54) is 24.4 Å². The standard InChI is InChI=1S/C26H27ClFN5O2/c27-17-7-8-22(28)19(12-17)24-30-14-20(16-4-1-2-5-16)25(32-24)31-23-9-10-29-13-21(23)26(35)33-11-3-6-18(34)15-33/h7-10,12-14,16,18,34H,1-6,11,15H2,(H,29,30,31,32)/t18-/m1/s1. The Hall–Kier alpha value is -3.10. The molecule has 2 aromatic heterocycles. The molecule has 182 valence electrons. The van der Waals surface area contributed by atoms with Crippen LogP contribution in [0.5, 0.6) is 0 Å². The molecule has 5 rings (SSSR count). The van der Waals surface area contributed by atoms with Crippen LogP contribution in [0.15, 0.2) is 42.9 Å². The molecule has 2 aliphatic rings. The molecule has 3 aromatic rings. The van der Waals surface area contributed by atoms with Crippen molar-refractivity contribution in [2.24, 2.45) is 0 Å². The number of carbonyl (C=O) groups excluding carboxylic acids is 1. The maximum absolute atomic E-state index is 14.6. The van der Waals surface area contributed by atoms with E-state index >= 15 is 0 Å². The zero-order chi connectivity index (χ0) is 24.4. The molecule has 1 saturated heterocycles. The Labute approximate surface area is 208 Å². The Balaban J connectivity index is 1.53. The lowest BCUT2D eigenvalue weighted by atomic mass is 9.99. The van der Waals surface area contributed by atoms with Crippen LogP contribution >= 0.6 is 11.6 Å². The minimum Gasteiger partial charge on any atom is -0.391 e. The van der Waals surface area contributed by atoms with Crippen LogP contribution in [0.4, 0.5) is 15.9 Å². The van der Waals surface area contributed by atoms with Gasteiger partial charge in [-0.3, -0.25) is 9.78 Å².